The van der Waals surface area contributed by atoms with E-state index in [-0.39, 0.29) is 16.8 Å². The number of rotatable bonds is 2. The summed E-state index contributed by atoms with van der Waals surface area (Å²) in [5.74, 6) is -1.56. The van der Waals surface area contributed by atoms with Gasteiger partial charge < -0.3 is 9.47 Å². The fourth-order valence-corrected chi connectivity index (χ4v) is 1.52. The molecule has 0 radical (unpaired) electrons. The van der Waals surface area contributed by atoms with Crippen LogP contribution in [0.25, 0.3) is 11.0 Å². The molecular weight excluding hydrogens is 268 g/mol. The molecule has 1 aromatic carbocycles. The number of hydrogen-bond donors (Lipinski definition) is 0. The van der Waals surface area contributed by atoms with Crippen molar-refractivity contribution in [3.63, 3.8) is 0 Å². The van der Waals surface area contributed by atoms with Gasteiger partial charge in [0.2, 0.25) is 11.6 Å². The Kier molecular flexibility index (Phi) is 3.17. The van der Waals surface area contributed by atoms with E-state index in [1.165, 1.54) is 13.2 Å². The van der Waals surface area contributed by atoms with Gasteiger partial charge in [0.25, 0.3) is 0 Å². The maximum absolute atomic E-state index is 13.7. The Morgan fingerprint density at radius 3 is 2.26 bits per heavy atom. The number of ether oxygens (including phenoxy) is 2. The van der Waals surface area contributed by atoms with Crippen LogP contribution in [-0.4, -0.2) is 24.2 Å². The van der Waals surface area contributed by atoms with Crippen LogP contribution in [0.4, 0.5) is 17.6 Å². The summed E-state index contributed by atoms with van der Waals surface area (Å²) in [6.45, 7) is 0. The Morgan fingerprint density at radius 1 is 1.05 bits per heavy atom. The third-order valence-electron chi connectivity index (χ3n) is 2.36. The molecular formula is C11H8F4N2O2. The Labute approximate surface area is 105 Å². The van der Waals surface area contributed by atoms with E-state index in [1.54, 1.807) is 0 Å². The molecule has 8 heteroatoms. The summed E-state index contributed by atoms with van der Waals surface area (Å²) in [7, 11) is 2.27. The summed E-state index contributed by atoms with van der Waals surface area (Å²) in [5, 5.41) is 0. The molecule has 2 rings (SSSR count). The number of fused-ring (bicyclic) bond motifs is 1. The number of methoxy groups -OCH3 is 2. The van der Waals surface area contributed by atoms with Gasteiger partial charge in [0, 0.05) is 12.1 Å². The first-order valence-electron chi connectivity index (χ1n) is 5.03. The van der Waals surface area contributed by atoms with Crippen LogP contribution < -0.4 is 9.47 Å². The predicted octanol–water partition coefficient (Wildman–Crippen LogP) is 2.80. The molecule has 0 saturated carbocycles. The molecule has 0 aliphatic carbocycles. The third-order valence-corrected chi connectivity index (χ3v) is 2.36. The van der Waals surface area contributed by atoms with E-state index in [0.717, 1.165) is 13.2 Å². The van der Waals surface area contributed by atoms with E-state index in [2.05, 4.69) is 14.7 Å². The zero-order chi connectivity index (χ0) is 14.2. The summed E-state index contributed by atoms with van der Waals surface area (Å²) < 4.78 is 61.1. The Balaban J connectivity index is 2.78. The fraction of sp³-hybridized carbons (Fsp3) is 0.273. The molecule has 0 atom stereocenters. The summed E-state index contributed by atoms with van der Waals surface area (Å²) in [5.41, 5.74) is -1.88. The normalized spacial score (nSPS) is 11.7. The maximum atomic E-state index is 13.7. The number of aromatic nitrogens is 2. The largest absolute Gasteiger partial charge is 0.497 e. The highest BCUT2D eigenvalue weighted by Gasteiger charge is 2.38. The molecule has 0 aliphatic heterocycles. The average Bonchev–Trinajstić information content (AvgIpc) is 2.36. The van der Waals surface area contributed by atoms with Crippen molar-refractivity contribution < 1.29 is 27.0 Å². The summed E-state index contributed by atoms with van der Waals surface area (Å²) in [4.78, 5) is 6.85. The van der Waals surface area contributed by atoms with Gasteiger partial charge in [-0.25, -0.2) is 14.4 Å². The second-order valence-corrected chi connectivity index (χ2v) is 3.56. The van der Waals surface area contributed by atoms with Crippen LogP contribution >= 0.6 is 0 Å². The standard InChI is InChI=1S/C11H8F4N2O2/c1-18-5-3-6(12)8-7(4-5)16-9(11(13,14)15)10(17-8)19-2/h3-4H,1-2H3. The Bertz CT molecular complexity index is 628. The molecule has 0 saturated heterocycles. The zero-order valence-electron chi connectivity index (χ0n) is 9.88. The van der Waals surface area contributed by atoms with Gasteiger partial charge in [0.05, 0.1) is 19.7 Å². The first kappa shape index (κ1) is 13.3. The van der Waals surface area contributed by atoms with Crippen molar-refractivity contribution in [3.8, 4) is 11.6 Å². The van der Waals surface area contributed by atoms with Crippen molar-refractivity contribution in [3.05, 3.63) is 23.6 Å². The van der Waals surface area contributed by atoms with Gasteiger partial charge in [0.15, 0.2) is 5.82 Å². The molecule has 0 spiro atoms. The van der Waals surface area contributed by atoms with Gasteiger partial charge in [0.1, 0.15) is 11.3 Å². The van der Waals surface area contributed by atoms with E-state index in [1.807, 2.05) is 0 Å². The molecule has 0 aliphatic rings. The second kappa shape index (κ2) is 4.52. The lowest BCUT2D eigenvalue weighted by atomic mass is 10.2. The van der Waals surface area contributed by atoms with Crippen LogP contribution in [0.3, 0.4) is 0 Å². The van der Waals surface area contributed by atoms with E-state index in [4.69, 9.17) is 4.74 Å². The highest BCUT2D eigenvalue weighted by Crippen LogP contribution is 2.35. The molecule has 2 aromatic rings. The molecule has 0 bridgehead atoms. The van der Waals surface area contributed by atoms with Crippen molar-refractivity contribution >= 4 is 11.0 Å². The number of hydrogen-bond acceptors (Lipinski definition) is 4. The Hall–Kier alpha value is -2.12. The lowest BCUT2D eigenvalue weighted by Crippen LogP contribution is -2.12. The van der Waals surface area contributed by atoms with Gasteiger partial charge in [-0.2, -0.15) is 13.2 Å². The van der Waals surface area contributed by atoms with Crippen molar-refractivity contribution in [1.29, 1.82) is 0 Å². The van der Waals surface area contributed by atoms with Crippen LogP contribution in [0.15, 0.2) is 12.1 Å². The quantitative estimate of drug-likeness (QED) is 0.791. The first-order valence-corrected chi connectivity index (χ1v) is 5.03. The molecule has 0 N–H and O–H groups in total. The minimum Gasteiger partial charge on any atom is -0.497 e. The molecule has 4 nitrogen and oxygen atoms in total. The minimum absolute atomic E-state index is 0.0533. The second-order valence-electron chi connectivity index (χ2n) is 3.56. The molecule has 19 heavy (non-hydrogen) atoms. The summed E-state index contributed by atoms with van der Waals surface area (Å²) in [6, 6.07) is 2.17. The maximum Gasteiger partial charge on any atom is 0.438 e. The van der Waals surface area contributed by atoms with Gasteiger partial charge >= 0.3 is 6.18 Å². The van der Waals surface area contributed by atoms with E-state index < -0.39 is 23.6 Å². The Morgan fingerprint density at radius 2 is 1.74 bits per heavy atom. The van der Waals surface area contributed by atoms with E-state index >= 15 is 0 Å². The molecule has 1 aromatic heterocycles. The fourth-order valence-electron chi connectivity index (χ4n) is 1.52. The predicted molar refractivity (Wildman–Crippen MR) is 57.6 cm³/mol. The van der Waals surface area contributed by atoms with E-state index in [0.29, 0.717) is 0 Å². The van der Waals surface area contributed by atoms with Crippen molar-refractivity contribution in [2.24, 2.45) is 0 Å². The number of alkyl halides is 3. The molecule has 1 heterocycles. The first-order chi connectivity index (χ1) is 8.86. The van der Waals surface area contributed by atoms with Crippen molar-refractivity contribution in [2.45, 2.75) is 6.18 Å². The molecule has 102 valence electrons. The van der Waals surface area contributed by atoms with Gasteiger partial charge in [-0.1, -0.05) is 0 Å². The van der Waals surface area contributed by atoms with Crippen LogP contribution in [0, 0.1) is 5.82 Å². The van der Waals surface area contributed by atoms with Crippen LogP contribution in [0.2, 0.25) is 0 Å². The topological polar surface area (TPSA) is 44.2 Å². The molecule has 0 fully saturated rings. The van der Waals surface area contributed by atoms with Crippen LogP contribution in [0.5, 0.6) is 11.6 Å². The van der Waals surface area contributed by atoms with Crippen molar-refractivity contribution in [1.82, 2.24) is 9.97 Å². The molecule has 0 unspecified atom stereocenters. The highest BCUT2D eigenvalue weighted by molar-refractivity contribution is 5.77. The zero-order valence-corrected chi connectivity index (χ0v) is 9.88. The lowest BCUT2D eigenvalue weighted by molar-refractivity contribution is -0.142. The number of nitrogens with zero attached hydrogens (tertiary/aromatic N) is 2. The number of benzene rings is 1. The lowest BCUT2D eigenvalue weighted by Gasteiger charge is -2.11. The number of halogens is 4. The summed E-state index contributed by atoms with van der Waals surface area (Å²) >= 11 is 0. The van der Waals surface area contributed by atoms with Gasteiger partial charge in [-0.15, -0.1) is 0 Å². The smallest absolute Gasteiger partial charge is 0.438 e. The highest BCUT2D eigenvalue weighted by atomic mass is 19.4. The van der Waals surface area contributed by atoms with Crippen molar-refractivity contribution in [2.75, 3.05) is 14.2 Å². The minimum atomic E-state index is -4.74. The van der Waals surface area contributed by atoms with Gasteiger partial charge in [-0.3, -0.25) is 0 Å². The monoisotopic (exact) mass is 276 g/mol. The van der Waals surface area contributed by atoms with Crippen LogP contribution in [0.1, 0.15) is 5.69 Å². The van der Waals surface area contributed by atoms with Gasteiger partial charge in [-0.05, 0) is 0 Å². The van der Waals surface area contributed by atoms with Crippen LogP contribution in [-0.2, 0) is 6.18 Å². The summed E-state index contributed by atoms with van der Waals surface area (Å²) in [6.07, 6.45) is -4.74. The third kappa shape index (κ3) is 2.38. The van der Waals surface area contributed by atoms with E-state index in [9.17, 15) is 17.6 Å². The molecule has 0 amide bonds. The average molecular weight is 276 g/mol. The SMILES string of the molecule is COc1cc(F)c2nc(OC)c(C(F)(F)F)nc2c1.